The first-order valence-corrected chi connectivity index (χ1v) is 8.74. The number of pyridine rings is 2. The van der Waals surface area contributed by atoms with Gasteiger partial charge in [-0.15, -0.1) is 0 Å². The summed E-state index contributed by atoms with van der Waals surface area (Å²) >= 11 is 0. The minimum absolute atomic E-state index is 0.105. The Morgan fingerprint density at radius 3 is 2.57 bits per heavy atom. The molecule has 0 saturated carbocycles. The van der Waals surface area contributed by atoms with Gasteiger partial charge in [-0.2, -0.15) is 0 Å². The van der Waals surface area contributed by atoms with Crippen LogP contribution in [0.3, 0.4) is 0 Å². The van der Waals surface area contributed by atoms with E-state index >= 15 is 0 Å². The van der Waals surface area contributed by atoms with Crippen molar-refractivity contribution in [3.63, 3.8) is 0 Å². The highest BCUT2D eigenvalue weighted by atomic mass is 19.1. The van der Waals surface area contributed by atoms with E-state index in [1.807, 2.05) is 37.2 Å². The van der Waals surface area contributed by atoms with Crippen LogP contribution in [0.15, 0.2) is 66.1 Å². The predicted octanol–water partition coefficient (Wildman–Crippen LogP) is 3.11. The first-order chi connectivity index (χ1) is 13.5. The van der Waals surface area contributed by atoms with Crippen molar-refractivity contribution in [2.45, 2.75) is 6.54 Å². The quantitative estimate of drug-likeness (QED) is 0.548. The van der Waals surface area contributed by atoms with Crippen LogP contribution < -0.4 is 10.5 Å². The number of rotatable bonds is 4. The maximum Gasteiger partial charge on any atom is 0.261 e. The van der Waals surface area contributed by atoms with E-state index in [4.69, 9.17) is 0 Å². The summed E-state index contributed by atoms with van der Waals surface area (Å²) in [6.07, 6.45) is 6.21. The van der Waals surface area contributed by atoms with Crippen LogP contribution in [0.4, 0.5) is 10.2 Å². The Balaban J connectivity index is 1.63. The van der Waals surface area contributed by atoms with Crippen LogP contribution in [-0.4, -0.2) is 33.6 Å². The highest BCUT2D eigenvalue weighted by Gasteiger charge is 2.10. The lowest BCUT2D eigenvalue weighted by molar-refractivity contribution is 0.596. The van der Waals surface area contributed by atoms with Gasteiger partial charge in [0.1, 0.15) is 11.6 Å². The molecule has 3 aromatic heterocycles. The molecular weight excluding hydrogens is 357 g/mol. The summed E-state index contributed by atoms with van der Waals surface area (Å²) in [7, 11) is 3.83. The van der Waals surface area contributed by atoms with Crippen LogP contribution in [0.2, 0.25) is 0 Å². The third kappa shape index (κ3) is 3.34. The summed E-state index contributed by atoms with van der Waals surface area (Å²) in [5, 5.41) is 0.460. The Kier molecular flexibility index (Phi) is 4.57. The van der Waals surface area contributed by atoms with E-state index in [9.17, 15) is 9.18 Å². The molecule has 0 bridgehead atoms. The number of halogens is 1. The van der Waals surface area contributed by atoms with Crippen molar-refractivity contribution in [3.8, 4) is 11.1 Å². The van der Waals surface area contributed by atoms with Crippen molar-refractivity contribution in [3.05, 3.63) is 83.1 Å². The third-order valence-corrected chi connectivity index (χ3v) is 4.56. The highest BCUT2D eigenvalue weighted by Crippen LogP contribution is 2.23. The zero-order valence-electron chi connectivity index (χ0n) is 15.5. The van der Waals surface area contributed by atoms with E-state index in [2.05, 4.69) is 15.0 Å². The molecule has 0 unspecified atom stereocenters. The lowest BCUT2D eigenvalue weighted by Gasteiger charge is -2.12. The number of hydrogen-bond donors (Lipinski definition) is 0. The second-order valence-corrected chi connectivity index (χ2v) is 6.68. The monoisotopic (exact) mass is 375 g/mol. The van der Waals surface area contributed by atoms with Gasteiger partial charge in [-0.1, -0.05) is 12.1 Å². The molecule has 140 valence electrons. The van der Waals surface area contributed by atoms with Gasteiger partial charge in [0.05, 0.1) is 30.0 Å². The lowest BCUT2D eigenvalue weighted by Crippen LogP contribution is -2.21. The predicted molar refractivity (Wildman–Crippen MR) is 107 cm³/mol. The fourth-order valence-electron chi connectivity index (χ4n) is 2.98. The van der Waals surface area contributed by atoms with Crippen molar-refractivity contribution in [1.82, 2.24) is 19.5 Å². The SMILES string of the molecule is CN(C)c1ccc(-c2ccc(Cn3cnc4cnccc4c3=O)c(F)c2)cn1. The largest absolute Gasteiger partial charge is 0.363 e. The number of fused-ring (bicyclic) bond motifs is 1. The Bertz CT molecular complexity index is 1200. The number of hydrogen-bond acceptors (Lipinski definition) is 5. The molecular formula is C21H18FN5O. The van der Waals surface area contributed by atoms with Crippen LogP contribution in [0.25, 0.3) is 22.0 Å². The summed E-state index contributed by atoms with van der Waals surface area (Å²) in [5.74, 6) is 0.454. The van der Waals surface area contributed by atoms with Crippen LogP contribution in [0.5, 0.6) is 0 Å². The Morgan fingerprint density at radius 1 is 1.04 bits per heavy atom. The van der Waals surface area contributed by atoms with Crippen LogP contribution in [-0.2, 0) is 6.54 Å². The summed E-state index contributed by atoms with van der Waals surface area (Å²) in [4.78, 5) is 27.0. The fraction of sp³-hybridized carbons (Fsp3) is 0.143. The maximum atomic E-state index is 14.7. The molecule has 0 atom stereocenters. The molecule has 1 aromatic carbocycles. The van der Waals surface area contributed by atoms with Gasteiger partial charge in [0.15, 0.2) is 0 Å². The lowest BCUT2D eigenvalue weighted by atomic mass is 10.0. The Morgan fingerprint density at radius 2 is 1.86 bits per heavy atom. The second-order valence-electron chi connectivity index (χ2n) is 6.68. The van der Waals surface area contributed by atoms with Gasteiger partial charge in [0, 0.05) is 37.6 Å². The van der Waals surface area contributed by atoms with Crippen LogP contribution in [0.1, 0.15) is 5.56 Å². The smallest absolute Gasteiger partial charge is 0.261 e. The molecule has 0 aliphatic heterocycles. The van der Waals surface area contributed by atoms with Gasteiger partial charge in [-0.05, 0) is 29.8 Å². The molecule has 4 rings (SSSR count). The number of nitrogens with zero attached hydrogens (tertiary/aromatic N) is 5. The number of anilines is 1. The van der Waals surface area contributed by atoms with E-state index in [-0.39, 0.29) is 17.9 Å². The average Bonchev–Trinajstić information content (AvgIpc) is 2.71. The first kappa shape index (κ1) is 17.8. The molecule has 0 spiro atoms. The van der Waals surface area contributed by atoms with Crippen LogP contribution >= 0.6 is 0 Å². The van der Waals surface area contributed by atoms with Gasteiger partial charge in [-0.3, -0.25) is 14.3 Å². The van der Waals surface area contributed by atoms with E-state index in [1.165, 1.54) is 23.2 Å². The second kappa shape index (κ2) is 7.19. The third-order valence-electron chi connectivity index (χ3n) is 4.56. The van der Waals surface area contributed by atoms with E-state index in [1.54, 1.807) is 24.5 Å². The van der Waals surface area contributed by atoms with Gasteiger partial charge in [0.2, 0.25) is 0 Å². The fourth-order valence-corrected chi connectivity index (χ4v) is 2.98. The van der Waals surface area contributed by atoms with Crippen LogP contribution in [0, 0.1) is 5.82 Å². The molecule has 7 heteroatoms. The topological polar surface area (TPSA) is 63.9 Å². The van der Waals surface area contributed by atoms with Crippen molar-refractivity contribution in [2.24, 2.45) is 0 Å². The van der Waals surface area contributed by atoms with Crippen molar-refractivity contribution in [1.29, 1.82) is 0 Å². The molecule has 6 nitrogen and oxygen atoms in total. The summed E-state index contributed by atoms with van der Waals surface area (Å²) < 4.78 is 16.1. The summed E-state index contributed by atoms with van der Waals surface area (Å²) in [6, 6.07) is 10.4. The standard InChI is InChI=1S/C21H18FN5O/c1-26(2)20-6-5-15(10-24-20)14-3-4-16(18(22)9-14)12-27-13-25-19-11-23-8-7-17(19)21(27)28/h3-11,13H,12H2,1-2H3. The molecule has 4 aromatic rings. The molecule has 0 aliphatic carbocycles. The molecule has 0 saturated heterocycles. The zero-order chi connectivity index (χ0) is 19.7. The molecule has 0 fully saturated rings. The number of benzene rings is 1. The molecule has 0 aliphatic rings. The van der Waals surface area contributed by atoms with E-state index in [0.29, 0.717) is 16.5 Å². The summed E-state index contributed by atoms with van der Waals surface area (Å²) in [6.45, 7) is 0.105. The minimum atomic E-state index is -0.379. The van der Waals surface area contributed by atoms with Gasteiger partial charge < -0.3 is 4.90 Å². The summed E-state index contributed by atoms with van der Waals surface area (Å²) in [5.41, 5.74) is 2.27. The first-order valence-electron chi connectivity index (χ1n) is 8.74. The molecule has 0 amide bonds. The minimum Gasteiger partial charge on any atom is -0.363 e. The van der Waals surface area contributed by atoms with Crippen molar-refractivity contribution in [2.75, 3.05) is 19.0 Å². The molecule has 0 N–H and O–H groups in total. The Hall–Kier alpha value is -3.61. The van der Waals surface area contributed by atoms with Crippen molar-refractivity contribution >= 4 is 16.7 Å². The molecule has 0 radical (unpaired) electrons. The highest BCUT2D eigenvalue weighted by molar-refractivity contribution is 5.75. The molecule has 3 heterocycles. The number of aromatic nitrogens is 4. The average molecular weight is 375 g/mol. The van der Waals surface area contributed by atoms with E-state index < -0.39 is 0 Å². The van der Waals surface area contributed by atoms with Gasteiger partial charge >= 0.3 is 0 Å². The molecule has 28 heavy (non-hydrogen) atoms. The maximum absolute atomic E-state index is 14.7. The van der Waals surface area contributed by atoms with Crippen molar-refractivity contribution < 1.29 is 4.39 Å². The van der Waals surface area contributed by atoms with E-state index in [0.717, 1.165) is 16.9 Å². The zero-order valence-corrected chi connectivity index (χ0v) is 15.5. The Labute approximate surface area is 160 Å². The van der Waals surface area contributed by atoms with Gasteiger partial charge in [-0.25, -0.2) is 14.4 Å². The normalized spacial score (nSPS) is 11.0. The van der Waals surface area contributed by atoms with Gasteiger partial charge in [0.25, 0.3) is 5.56 Å².